The second-order valence-electron chi connectivity index (χ2n) is 8.71. The second-order valence-corrected chi connectivity index (χ2v) is 8.71. The van der Waals surface area contributed by atoms with Gasteiger partial charge in [-0.05, 0) is 57.9 Å². The molecule has 0 radical (unpaired) electrons. The molecule has 1 amide bonds. The quantitative estimate of drug-likeness (QED) is 0.860. The lowest BCUT2D eigenvalue weighted by Crippen LogP contribution is -2.56. The van der Waals surface area contributed by atoms with E-state index in [1.54, 1.807) is 0 Å². The highest BCUT2D eigenvalue weighted by atomic mass is 16.1. The van der Waals surface area contributed by atoms with Gasteiger partial charge in [-0.15, -0.1) is 0 Å². The van der Waals surface area contributed by atoms with Gasteiger partial charge >= 0.3 is 0 Å². The van der Waals surface area contributed by atoms with Gasteiger partial charge in [0.15, 0.2) is 0 Å². The van der Waals surface area contributed by atoms with Crippen molar-refractivity contribution in [2.75, 3.05) is 19.6 Å². The van der Waals surface area contributed by atoms with Crippen LogP contribution in [0.15, 0.2) is 0 Å². The number of nitrogens with one attached hydrogen (secondary N) is 1. The van der Waals surface area contributed by atoms with E-state index in [1.807, 2.05) is 18.7 Å². The number of aromatic nitrogens is 2. The zero-order valence-corrected chi connectivity index (χ0v) is 17.1. The van der Waals surface area contributed by atoms with Crippen LogP contribution in [0.2, 0.25) is 0 Å². The largest absolute Gasteiger partial charge is 0.354 e. The molecule has 1 aromatic rings. The lowest BCUT2D eigenvalue weighted by molar-refractivity contribution is -0.121. The Labute approximate surface area is 153 Å². The van der Waals surface area contributed by atoms with Crippen LogP contribution in [-0.4, -0.2) is 45.8 Å². The Kier molecular flexibility index (Phi) is 6.30. The van der Waals surface area contributed by atoms with Crippen molar-refractivity contribution < 1.29 is 4.79 Å². The van der Waals surface area contributed by atoms with Gasteiger partial charge in [-0.1, -0.05) is 13.8 Å². The van der Waals surface area contributed by atoms with Crippen molar-refractivity contribution in [1.82, 2.24) is 20.0 Å². The molecule has 1 fully saturated rings. The normalized spacial score (nSPS) is 22.2. The number of amides is 1. The van der Waals surface area contributed by atoms with Gasteiger partial charge in [-0.3, -0.25) is 14.4 Å². The molecule has 2 atom stereocenters. The molecular weight excluding hydrogens is 312 g/mol. The van der Waals surface area contributed by atoms with Crippen LogP contribution in [-0.2, 0) is 18.3 Å². The fourth-order valence-corrected chi connectivity index (χ4v) is 4.09. The van der Waals surface area contributed by atoms with Gasteiger partial charge in [0.1, 0.15) is 0 Å². The smallest absolute Gasteiger partial charge is 0.220 e. The summed E-state index contributed by atoms with van der Waals surface area (Å²) >= 11 is 0. The lowest BCUT2D eigenvalue weighted by atomic mass is 9.88. The van der Waals surface area contributed by atoms with E-state index in [9.17, 15) is 4.79 Å². The van der Waals surface area contributed by atoms with Crippen molar-refractivity contribution in [3.05, 3.63) is 17.0 Å². The highest BCUT2D eigenvalue weighted by Gasteiger charge is 2.32. The summed E-state index contributed by atoms with van der Waals surface area (Å²) in [4.78, 5) is 14.9. The van der Waals surface area contributed by atoms with Crippen LogP contribution in [0.1, 0.15) is 57.5 Å². The van der Waals surface area contributed by atoms with E-state index in [0.717, 1.165) is 42.7 Å². The molecule has 5 heteroatoms. The van der Waals surface area contributed by atoms with Crippen molar-refractivity contribution >= 4 is 5.91 Å². The monoisotopic (exact) mass is 348 g/mol. The number of carbonyl (C=O) groups is 1. The summed E-state index contributed by atoms with van der Waals surface area (Å²) in [5.41, 5.74) is 3.39. The molecule has 5 nitrogen and oxygen atoms in total. The average molecular weight is 349 g/mol. The fraction of sp³-hybridized carbons (Fsp3) is 0.800. The number of piperidine rings is 1. The second kappa shape index (κ2) is 7.90. The molecule has 2 heterocycles. The fourth-order valence-electron chi connectivity index (χ4n) is 4.09. The Balaban J connectivity index is 1.84. The summed E-state index contributed by atoms with van der Waals surface area (Å²) in [6.45, 7) is 16.2. The number of carbonyl (C=O) groups excluding carboxylic acids is 1. The third-order valence-corrected chi connectivity index (χ3v) is 5.70. The molecule has 1 N–H and O–H groups in total. The third-order valence-electron chi connectivity index (χ3n) is 5.70. The van der Waals surface area contributed by atoms with Crippen LogP contribution in [0.25, 0.3) is 0 Å². The van der Waals surface area contributed by atoms with Crippen molar-refractivity contribution in [1.29, 1.82) is 0 Å². The van der Waals surface area contributed by atoms with Crippen LogP contribution in [0, 0.1) is 25.7 Å². The predicted octanol–water partition coefficient (Wildman–Crippen LogP) is 2.84. The minimum Gasteiger partial charge on any atom is -0.354 e. The van der Waals surface area contributed by atoms with Crippen LogP contribution in [0.4, 0.5) is 0 Å². The van der Waals surface area contributed by atoms with Crippen LogP contribution >= 0.6 is 0 Å². The summed E-state index contributed by atoms with van der Waals surface area (Å²) in [6.07, 6.45) is 2.59. The maximum absolute atomic E-state index is 12.3. The first-order valence-electron chi connectivity index (χ1n) is 9.61. The topological polar surface area (TPSA) is 50.2 Å². The molecule has 0 saturated carbocycles. The van der Waals surface area contributed by atoms with Gasteiger partial charge < -0.3 is 5.32 Å². The Morgan fingerprint density at radius 2 is 1.84 bits per heavy atom. The van der Waals surface area contributed by atoms with E-state index < -0.39 is 0 Å². The Morgan fingerprint density at radius 1 is 1.24 bits per heavy atom. The molecule has 1 saturated heterocycles. The zero-order chi connectivity index (χ0) is 18.8. The maximum Gasteiger partial charge on any atom is 0.220 e. The molecule has 0 aromatic carbocycles. The van der Waals surface area contributed by atoms with Crippen molar-refractivity contribution in [3.63, 3.8) is 0 Å². The van der Waals surface area contributed by atoms with Crippen LogP contribution < -0.4 is 5.32 Å². The van der Waals surface area contributed by atoms with Crippen molar-refractivity contribution in [2.45, 2.75) is 66.3 Å². The number of likely N-dealkylation sites (tertiary alicyclic amines) is 1. The van der Waals surface area contributed by atoms with E-state index in [0.29, 0.717) is 13.0 Å². The third kappa shape index (κ3) is 5.06. The highest BCUT2D eigenvalue weighted by Crippen LogP contribution is 2.26. The molecule has 0 spiro atoms. The molecule has 0 bridgehead atoms. The molecule has 142 valence electrons. The SMILES string of the molecule is Cc1nn(C)c(C)c1CCC(=O)NCC(C)(C)N1CC(C)CC(C)C1. The summed E-state index contributed by atoms with van der Waals surface area (Å²) in [7, 11) is 1.95. The number of rotatable bonds is 6. The van der Waals surface area contributed by atoms with Crippen LogP contribution in [0.5, 0.6) is 0 Å². The van der Waals surface area contributed by atoms with E-state index in [2.05, 4.69) is 49.9 Å². The van der Waals surface area contributed by atoms with Gasteiger partial charge in [0, 0.05) is 44.3 Å². The van der Waals surface area contributed by atoms with Crippen LogP contribution in [0.3, 0.4) is 0 Å². The van der Waals surface area contributed by atoms with E-state index >= 15 is 0 Å². The van der Waals surface area contributed by atoms with E-state index in [-0.39, 0.29) is 11.4 Å². The summed E-state index contributed by atoms with van der Waals surface area (Å²) in [6, 6.07) is 0. The first kappa shape index (κ1) is 20.0. The Hall–Kier alpha value is -1.36. The van der Waals surface area contributed by atoms with Gasteiger partial charge in [0.25, 0.3) is 0 Å². The molecule has 1 aliphatic rings. The first-order valence-corrected chi connectivity index (χ1v) is 9.61. The molecule has 2 rings (SSSR count). The minimum absolute atomic E-state index is 0.00125. The number of nitrogens with zero attached hydrogens (tertiary/aromatic N) is 3. The van der Waals surface area contributed by atoms with Gasteiger partial charge in [-0.2, -0.15) is 5.10 Å². The lowest BCUT2D eigenvalue weighted by Gasteiger charge is -2.45. The average Bonchev–Trinajstić information content (AvgIpc) is 2.75. The standard InChI is InChI=1S/C20H36N4O/c1-14-10-15(2)12-24(11-14)20(5,6)13-21-19(25)9-8-18-16(3)22-23(7)17(18)4/h14-15H,8-13H2,1-7H3,(H,21,25). The zero-order valence-electron chi connectivity index (χ0n) is 17.1. The van der Waals surface area contributed by atoms with Gasteiger partial charge in [0.05, 0.1) is 5.69 Å². The summed E-state index contributed by atoms with van der Waals surface area (Å²) in [5.74, 6) is 1.60. The molecule has 1 aliphatic heterocycles. The number of hydrogen-bond donors (Lipinski definition) is 1. The van der Waals surface area contributed by atoms with Gasteiger partial charge in [-0.25, -0.2) is 0 Å². The molecule has 25 heavy (non-hydrogen) atoms. The number of aryl methyl sites for hydroxylation is 2. The molecule has 1 aromatic heterocycles. The van der Waals surface area contributed by atoms with E-state index in [4.69, 9.17) is 0 Å². The number of hydrogen-bond acceptors (Lipinski definition) is 3. The summed E-state index contributed by atoms with van der Waals surface area (Å²) in [5, 5.41) is 7.59. The highest BCUT2D eigenvalue weighted by molar-refractivity contribution is 5.76. The van der Waals surface area contributed by atoms with Crippen molar-refractivity contribution in [2.24, 2.45) is 18.9 Å². The molecule has 0 aliphatic carbocycles. The van der Waals surface area contributed by atoms with Crippen molar-refractivity contribution in [3.8, 4) is 0 Å². The molecular formula is C20H36N4O. The first-order chi connectivity index (χ1) is 11.6. The summed E-state index contributed by atoms with van der Waals surface area (Å²) < 4.78 is 1.89. The maximum atomic E-state index is 12.3. The predicted molar refractivity (Wildman–Crippen MR) is 103 cm³/mol. The van der Waals surface area contributed by atoms with E-state index in [1.165, 1.54) is 12.0 Å². The van der Waals surface area contributed by atoms with Gasteiger partial charge in [0.2, 0.25) is 5.91 Å². The Bertz CT molecular complexity index is 595. The Morgan fingerprint density at radius 3 is 2.36 bits per heavy atom. The molecule has 2 unspecified atom stereocenters. The minimum atomic E-state index is -0.00125.